The monoisotopic (exact) mass is 472 g/mol. The summed E-state index contributed by atoms with van der Waals surface area (Å²) in [4.78, 5) is 26.9. The molecular formula is C21H30BrClN2O3. The number of hydrogen-bond donors (Lipinski definition) is 1. The molecule has 1 aromatic rings. The predicted molar refractivity (Wildman–Crippen MR) is 118 cm³/mol. The van der Waals surface area contributed by atoms with E-state index in [1.54, 1.807) is 44.9 Å². The van der Waals surface area contributed by atoms with Gasteiger partial charge in [-0.25, -0.2) is 4.79 Å². The first-order chi connectivity index (χ1) is 13.0. The van der Waals surface area contributed by atoms with Crippen LogP contribution in [-0.2, 0) is 16.0 Å². The molecule has 7 heteroatoms. The molecule has 0 radical (unpaired) electrons. The maximum Gasteiger partial charge on any atom is 0.408 e. The second kappa shape index (κ2) is 11.5. The highest BCUT2D eigenvalue weighted by molar-refractivity contribution is 9.10. The first kappa shape index (κ1) is 24.5. The second-order valence-electron chi connectivity index (χ2n) is 7.68. The van der Waals surface area contributed by atoms with E-state index < -0.39 is 17.7 Å². The number of alkyl carbamates (subject to hydrolysis) is 1. The Morgan fingerprint density at radius 3 is 2.64 bits per heavy atom. The lowest BCUT2D eigenvalue weighted by molar-refractivity contribution is -0.132. The highest BCUT2D eigenvalue weighted by Gasteiger charge is 2.27. The SMILES string of the molecule is C=CCCCCN(C)C(=O)[C@H](Cc1cc(Cl)ccc1Br)NC(=O)OC(C)(C)C. The van der Waals surface area contributed by atoms with E-state index in [4.69, 9.17) is 16.3 Å². The highest BCUT2D eigenvalue weighted by atomic mass is 79.9. The van der Waals surface area contributed by atoms with Crippen LogP contribution < -0.4 is 5.32 Å². The molecule has 1 N–H and O–H groups in total. The second-order valence-corrected chi connectivity index (χ2v) is 8.97. The smallest absolute Gasteiger partial charge is 0.408 e. The normalized spacial score (nSPS) is 12.2. The van der Waals surface area contributed by atoms with Gasteiger partial charge in [-0.05, 0) is 63.8 Å². The standard InChI is InChI=1S/C21H30BrClN2O3/c1-6-7-8-9-12-25(5)19(26)18(24-20(27)28-21(2,3)4)14-15-13-16(23)10-11-17(15)22/h6,10-11,13,18H,1,7-9,12,14H2,2-5H3,(H,24,27)/t18-/m0/s1. The molecule has 0 heterocycles. The van der Waals surface area contributed by atoms with Crippen molar-refractivity contribution >= 4 is 39.5 Å². The van der Waals surface area contributed by atoms with E-state index in [1.165, 1.54) is 0 Å². The van der Waals surface area contributed by atoms with Crippen LogP contribution in [0.5, 0.6) is 0 Å². The van der Waals surface area contributed by atoms with Crippen LogP contribution >= 0.6 is 27.5 Å². The van der Waals surface area contributed by atoms with E-state index >= 15 is 0 Å². The van der Waals surface area contributed by atoms with Gasteiger partial charge in [-0.1, -0.05) is 33.6 Å². The molecule has 0 saturated heterocycles. The van der Waals surface area contributed by atoms with Gasteiger partial charge in [-0.3, -0.25) is 4.79 Å². The van der Waals surface area contributed by atoms with Gasteiger partial charge in [-0.15, -0.1) is 6.58 Å². The summed E-state index contributed by atoms with van der Waals surface area (Å²) in [5, 5.41) is 3.29. The van der Waals surface area contributed by atoms with Crippen molar-refractivity contribution in [3.05, 3.63) is 45.9 Å². The molecule has 28 heavy (non-hydrogen) atoms. The van der Waals surface area contributed by atoms with Crippen LogP contribution in [0, 0.1) is 0 Å². The molecule has 2 amide bonds. The van der Waals surface area contributed by atoms with Crippen LogP contribution in [0.15, 0.2) is 35.3 Å². The Kier molecular flexibility index (Phi) is 10.0. The molecule has 0 bridgehead atoms. The molecule has 0 aliphatic rings. The molecule has 0 aliphatic heterocycles. The largest absolute Gasteiger partial charge is 0.444 e. The number of benzene rings is 1. The number of ether oxygens (including phenoxy) is 1. The summed E-state index contributed by atoms with van der Waals surface area (Å²) in [6, 6.07) is 4.62. The van der Waals surface area contributed by atoms with Crippen molar-refractivity contribution in [2.75, 3.05) is 13.6 Å². The predicted octanol–water partition coefficient (Wildman–Crippen LogP) is 5.35. The first-order valence-corrected chi connectivity index (χ1v) is 10.5. The van der Waals surface area contributed by atoms with Gasteiger partial charge in [0.15, 0.2) is 0 Å². The Morgan fingerprint density at radius 2 is 2.04 bits per heavy atom. The van der Waals surface area contributed by atoms with Gasteiger partial charge in [0.1, 0.15) is 11.6 Å². The van der Waals surface area contributed by atoms with Crippen molar-refractivity contribution in [1.29, 1.82) is 0 Å². The number of likely N-dealkylation sites (N-methyl/N-ethyl adjacent to an activating group) is 1. The number of rotatable bonds is 9. The van der Waals surface area contributed by atoms with Gasteiger partial charge >= 0.3 is 6.09 Å². The fourth-order valence-corrected chi connectivity index (χ4v) is 3.19. The number of allylic oxidation sites excluding steroid dienone is 1. The molecule has 0 fully saturated rings. The van der Waals surface area contributed by atoms with E-state index in [2.05, 4.69) is 27.8 Å². The van der Waals surface area contributed by atoms with Gasteiger partial charge in [0, 0.05) is 29.5 Å². The number of carbonyl (C=O) groups excluding carboxylic acids is 2. The molecule has 156 valence electrons. The Morgan fingerprint density at radius 1 is 1.36 bits per heavy atom. The molecule has 0 saturated carbocycles. The zero-order valence-electron chi connectivity index (χ0n) is 17.1. The number of nitrogens with zero attached hydrogens (tertiary/aromatic N) is 1. The summed E-state index contributed by atoms with van der Waals surface area (Å²) in [6.07, 6.45) is 4.29. The number of nitrogens with one attached hydrogen (secondary N) is 1. The van der Waals surface area contributed by atoms with Crippen molar-refractivity contribution < 1.29 is 14.3 Å². The van der Waals surface area contributed by atoms with Crippen LogP contribution in [0.2, 0.25) is 5.02 Å². The maximum atomic E-state index is 13.0. The average molecular weight is 474 g/mol. The summed E-state index contributed by atoms with van der Waals surface area (Å²) in [5.41, 5.74) is 0.187. The fraction of sp³-hybridized carbons (Fsp3) is 0.524. The Bertz CT molecular complexity index is 689. The third-order valence-electron chi connectivity index (χ3n) is 3.95. The van der Waals surface area contributed by atoms with E-state index in [0.717, 1.165) is 29.3 Å². The molecule has 1 atom stereocenters. The number of halogens is 2. The number of unbranched alkanes of at least 4 members (excludes halogenated alkanes) is 2. The van der Waals surface area contributed by atoms with Crippen LogP contribution in [0.1, 0.15) is 45.6 Å². The fourth-order valence-electron chi connectivity index (χ4n) is 2.58. The molecule has 1 rings (SSSR count). The third kappa shape index (κ3) is 9.11. The van der Waals surface area contributed by atoms with Crippen molar-refractivity contribution in [1.82, 2.24) is 10.2 Å². The molecule has 0 aliphatic carbocycles. The topological polar surface area (TPSA) is 58.6 Å². The lowest BCUT2D eigenvalue weighted by Gasteiger charge is -2.27. The van der Waals surface area contributed by atoms with Gasteiger partial charge < -0.3 is 15.0 Å². The van der Waals surface area contributed by atoms with Gasteiger partial charge in [0.05, 0.1) is 0 Å². The first-order valence-electron chi connectivity index (χ1n) is 9.33. The van der Waals surface area contributed by atoms with Crippen molar-refractivity contribution in [3.63, 3.8) is 0 Å². The quantitative estimate of drug-likeness (QED) is 0.388. The van der Waals surface area contributed by atoms with Crippen molar-refractivity contribution in [3.8, 4) is 0 Å². The number of hydrogen-bond acceptors (Lipinski definition) is 3. The van der Waals surface area contributed by atoms with E-state index in [1.807, 2.05) is 12.1 Å². The summed E-state index contributed by atoms with van der Waals surface area (Å²) in [6.45, 7) is 9.66. The van der Waals surface area contributed by atoms with Gasteiger partial charge in [-0.2, -0.15) is 0 Å². The van der Waals surface area contributed by atoms with E-state index in [9.17, 15) is 9.59 Å². The van der Waals surface area contributed by atoms with Crippen LogP contribution in [0.3, 0.4) is 0 Å². The molecular weight excluding hydrogens is 444 g/mol. The minimum absolute atomic E-state index is 0.170. The highest BCUT2D eigenvalue weighted by Crippen LogP contribution is 2.23. The minimum atomic E-state index is -0.756. The van der Waals surface area contributed by atoms with Crippen molar-refractivity contribution in [2.45, 2.75) is 58.1 Å². The van der Waals surface area contributed by atoms with E-state index in [-0.39, 0.29) is 5.91 Å². The van der Waals surface area contributed by atoms with Gasteiger partial charge in [0.2, 0.25) is 5.91 Å². The minimum Gasteiger partial charge on any atom is -0.444 e. The molecule has 5 nitrogen and oxygen atoms in total. The molecule has 0 spiro atoms. The molecule has 1 aromatic carbocycles. The number of amides is 2. The Hall–Kier alpha value is -1.53. The van der Waals surface area contributed by atoms with Crippen LogP contribution in [0.4, 0.5) is 4.79 Å². The zero-order valence-corrected chi connectivity index (χ0v) is 19.4. The maximum absolute atomic E-state index is 13.0. The van der Waals surface area contributed by atoms with Crippen molar-refractivity contribution in [2.24, 2.45) is 0 Å². The molecule has 0 aromatic heterocycles. The zero-order chi connectivity index (χ0) is 21.3. The Balaban J connectivity index is 2.92. The van der Waals surface area contributed by atoms with E-state index in [0.29, 0.717) is 18.0 Å². The number of carbonyl (C=O) groups is 2. The van der Waals surface area contributed by atoms with Crippen LogP contribution in [0.25, 0.3) is 0 Å². The summed E-state index contributed by atoms with van der Waals surface area (Å²) >= 11 is 9.58. The summed E-state index contributed by atoms with van der Waals surface area (Å²) in [5.74, 6) is -0.170. The van der Waals surface area contributed by atoms with Gasteiger partial charge in [0.25, 0.3) is 0 Å². The lowest BCUT2D eigenvalue weighted by Crippen LogP contribution is -2.50. The average Bonchev–Trinajstić information content (AvgIpc) is 2.58. The lowest BCUT2D eigenvalue weighted by atomic mass is 10.0. The Labute approximate surface area is 181 Å². The third-order valence-corrected chi connectivity index (χ3v) is 4.96. The summed E-state index contributed by atoms with van der Waals surface area (Å²) < 4.78 is 6.16. The molecule has 0 unspecified atom stereocenters. The van der Waals surface area contributed by atoms with Crippen LogP contribution in [-0.4, -0.2) is 42.1 Å². The summed E-state index contributed by atoms with van der Waals surface area (Å²) in [7, 11) is 1.74.